The van der Waals surface area contributed by atoms with Gasteiger partial charge in [0.2, 0.25) is 0 Å². The number of benzene rings is 3. The van der Waals surface area contributed by atoms with Crippen LogP contribution < -0.4 is 9.80 Å². The van der Waals surface area contributed by atoms with Gasteiger partial charge in [-0.2, -0.15) is 0 Å². The molecule has 0 aliphatic carbocycles. The number of hydrogen-bond acceptors (Lipinski definition) is 4. The first kappa shape index (κ1) is 25.1. The Kier molecular flexibility index (Phi) is 5.98. The summed E-state index contributed by atoms with van der Waals surface area (Å²) < 4.78 is 0. The van der Waals surface area contributed by atoms with E-state index < -0.39 is 10.8 Å². The van der Waals surface area contributed by atoms with E-state index in [-0.39, 0.29) is 23.6 Å². The van der Waals surface area contributed by atoms with Crippen molar-refractivity contribution in [2.24, 2.45) is 0 Å². The molecule has 0 aromatic heterocycles. The van der Waals surface area contributed by atoms with E-state index in [1.165, 1.54) is 34.1 Å². The summed E-state index contributed by atoms with van der Waals surface area (Å²) in [5.74, 6) is -1.40. The van der Waals surface area contributed by atoms with E-state index in [9.17, 15) is 19.2 Å². The van der Waals surface area contributed by atoms with Crippen LogP contribution in [0.4, 0.5) is 11.4 Å². The van der Waals surface area contributed by atoms with Gasteiger partial charge in [-0.05, 0) is 46.5 Å². The highest BCUT2D eigenvalue weighted by atomic mass is 16.2. The molecule has 2 aliphatic rings. The maximum Gasteiger partial charge on any atom is 0.258 e. The zero-order chi connectivity index (χ0) is 27.2. The molecule has 3 aromatic rings. The Morgan fingerprint density at radius 2 is 0.816 bits per heavy atom. The average Bonchev–Trinajstić information content (AvgIpc) is 3.43. The zero-order valence-corrected chi connectivity index (χ0v) is 21.8. The number of imide groups is 2. The van der Waals surface area contributed by atoms with Crippen LogP contribution in [-0.4, -0.2) is 23.6 Å². The lowest BCUT2D eigenvalue weighted by molar-refractivity contribution is -0.121. The molecule has 4 amide bonds. The molecule has 0 saturated heterocycles. The number of amides is 4. The number of carbonyl (C=O) groups excluding carboxylic acids is 4. The van der Waals surface area contributed by atoms with Crippen LogP contribution >= 0.6 is 0 Å². The smallest absolute Gasteiger partial charge is 0.258 e. The zero-order valence-electron chi connectivity index (χ0n) is 21.8. The third-order valence-corrected chi connectivity index (χ3v) is 7.54. The van der Waals surface area contributed by atoms with Crippen LogP contribution in [0.2, 0.25) is 0 Å². The molecule has 3 aromatic carbocycles. The van der Waals surface area contributed by atoms with E-state index in [1.54, 1.807) is 12.1 Å². The van der Waals surface area contributed by atoms with Crippen molar-refractivity contribution in [3.8, 4) is 0 Å². The highest BCUT2D eigenvalue weighted by Crippen LogP contribution is 2.42. The second-order valence-corrected chi connectivity index (χ2v) is 10.6. The van der Waals surface area contributed by atoms with Gasteiger partial charge < -0.3 is 0 Å². The largest absolute Gasteiger partial charge is 0.269 e. The molecule has 0 saturated carbocycles. The predicted octanol–water partition coefficient (Wildman–Crippen LogP) is 5.20. The Hall–Kier alpha value is -4.58. The van der Waals surface area contributed by atoms with Crippen LogP contribution in [0.5, 0.6) is 0 Å². The molecule has 6 nitrogen and oxygen atoms in total. The van der Waals surface area contributed by atoms with E-state index in [0.29, 0.717) is 11.4 Å². The summed E-state index contributed by atoms with van der Waals surface area (Å²) in [4.78, 5) is 51.5. The Morgan fingerprint density at radius 1 is 0.474 bits per heavy atom. The van der Waals surface area contributed by atoms with Gasteiger partial charge >= 0.3 is 0 Å². The summed E-state index contributed by atoms with van der Waals surface area (Å²) in [5, 5.41) is 0. The first-order valence-electron chi connectivity index (χ1n) is 12.4. The molecule has 0 atom stereocenters. The number of anilines is 2. The topological polar surface area (TPSA) is 74.8 Å². The molecule has 0 fully saturated rings. The third-order valence-electron chi connectivity index (χ3n) is 7.54. The van der Waals surface area contributed by atoms with Gasteiger partial charge in [0.25, 0.3) is 23.6 Å². The van der Waals surface area contributed by atoms with Gasteiger partial charge in [0.15, 0.2) is 0 Å². The van der Waals surface area contributed by atoms with Crippen molar-refractivity contribution in [3.05, 3.63) is 119 Å². The third kappa shape index (κ3) is 4.08. The maximum absolute atomic E-state index is 12.3. The minimum atomic E-state index is -0.481. The molecule has 5 rings (SSSR count). The summed E-state index contributed by atoms with van der Waals surface area (Å²) in [6.07, 6.45) is 5.13. The summed E-state index contributed by atoms with van der Waals surface area (Å²) in [7, 11) is 0. The molecular weight excluding hydrogens is 476 g/mol. The highest BCUT2D eigenvalue weighted by molar-refractivity contribution is 6.28. The lowest BCUT2D eigenvalue weighted by atomic mass is 9.68. The van der Waals surface area contributed by atoms with Crippen molar-refractivity contribution in [1.29, 1.82) is 0 Å². The van der Waals surface area contributed by atoms with E-state index in [4.69, 9.17) is 0 Å². The second-order valence-electron chi connectivity index (χ2n) is 10.6. The fraction of sp³-hybridized carbons (Fsp3) is 0.188. The molecule has 190 valence electrons. The van der Waals surface area contributed by atoms with Gasteiger partial charge in [-0.1, -0.05) is 76.2 Å². The van der Waals surface area contributed by atoms with Crippen molar-refractivity contribution in [3.63, 3.8) is 0 Å². The van der Waals surface area contributed by atoms with Gasteiger partial charge in [0.05, 0.1) is 11.4 Å². The normalized spacial score (nSPS) is 15.8. The number of nitrogens with zero attached hydrogens (tertiary/aromatic N) is 2. The SMILES string of the molecule is CC(C)(c1cccc(N2C(=O)C=CC2=O)c1)c1ccccc1C(C)(C)c1cccc(N2C(=O)C=CC2=O)c1. The Balaban J connectivity index is 1.56. The first-order chi connectivity index (χ1) is 18.0. The average molecular weight is 505 g/mol. The van der Waals surface area contributed by atoms with Crippen molar-refractivity contribution in [1.82, 2.24) is 0 Å². The molecule has 0 spiro atoms. The molecule has 0 radical (unpaired) electrons. The molecule has 6 heteroatoms. The first-order valence-corrected chi connectivity index (χ1v) is 12.4. The van der Waals surface area contributed by atoms with Crippen LogP contribution in [0, 0.1) is 0 Å². The molecule has 38 heavy (non-hydrogen) atoms. The standard InChI is InChI=1S/C32H28N2O4/c1-31(2,21-9-7-11-23(19-21)33-27(35)15-16-28(33)36)25-13-5-6-14-26(25)32(3,4)22-10-8-12-24(20-22)34-29(37)17-18-30(34)38/h5-20H,1-4H3. The molecular formula is C32H28N2O4. The summed E-state index contributed by atoms with van der Waals surface area (Å²) in [6.45, 7) is 8.49. The summed E-state index contributed by atoms with van der Waals surface area (Å²) in [6, 6.07) is 23.2. The van der Waals surface area contributed by atoms with Gasteiger partial charge in [-0.25, -0.2) is 9.80 Å². The fourth-order valence-electron chi connectivity index (χ4n) is 5.26. The Morgan fingerprint density at radius 3 is 1.16 bits per heavy atom. The van der Waals surface area contributed by atoms with Crippen molar-refractivity contribution >= 4 is 35.0 Å². The molecule has 0 N–H and O–H groups in total. The van der Waals surface area contributed by atoms with Gasteiger partial charge in [0, 0.05) is 35.1 Å². The van der Waals surface area contributed by atoms with Crippen molar-refractivity contribution in [2.45, 2.75) is 38.5 Å². The number of rotatable bonds is 6. The minimum absolute atomic E-state index is 0.350. The van der Waals surface area contributed by atoms with Crippen LogP contribution in [0.1, 0.15) is 49.9 Å². The summed E-state index contributed by atoms with van der Waals surface area (Å²) >= 11 is 0. The van der Waals surface area contributed by atoms with E-state index in [2.05, 4.69) is 39.8 Å². The van der Waals surface area contributed by atoms with Crippen LogP contribution in [0.25, 0.3) is 0 Å². The van der Waals surface area contributed by atoms with Crippen LogP contribution in [0.3, 0.4) is 0 Å². The van der Waals surface area contributed by atoms with E-state index in [1.807, 2.05) is 48.5 Å². The van der Waals surface area contributed by atoms with Gasteiger partial charge in [-0.3, -0.25) is 19.2 Å². The molecule has 2 heterocycles. The maximum atomic E-state index is 12.3. The quantitative estimate of drug-likeness (QED) is 0.433. The van der Waals surface area contributed by atoms with E-state index in [0.717, 1.165) is 22.3 Å². The lowest BCUT2D eigenvalue weighted by Crippen LogP contribution is -2.31. The predicted molar refractivity (Wildman–Crippen MR) is 147 cm³/mol. The summed E-state index contributed by atoms with van der Waals surface area (Å²) in [5.41, 5.74) is 4.19. The second kappa shape index (κ2) is 9.06. The molecule has 2 aliphatic heterocycles. The molecule has 0 bridgehead atoms. The van der Waals surface area contributed by atoms with Crippen LogP contribution in [0.15, 0.2) is 97.1 Å². The fourth-order valence-corrected chi connectivity index (χ4v) is 5.26. The number of hydrogen-bond donors (Lipinski definition) is 0. The molecule has 0 unspecified atom stereocenters. The van der Waals surface area contributed by atoms with E-state index >= 15 is 0 Å². The highest BCUT2D eigenvalue weighted by Gasteiger charge is 2.35. The van der Waals surface area contributed by atoms with Gasteiger partial charge in [0.1, 0.15) is 0 Å². The lowest BCUT2D eigenvalue weighted by Gasteiger charge is -2.36. The number of carbonyl (C=O) groups is 4. The monoisotopic (exact) mass is 504 g/mol. The van der Waals surface area contributed by atoms with Crippen molar-refractivity contribution in [2.75, 3.05) is 9.80 Å². The Bertz CT molecular complexity index is 1410. The van der Waals surface area contributed by atoms with Gasteiger partial charge in [-0.15, -0.1) is 0 Å². The van der Waals surface area contributed by atoms with Crippen LogP contribution in [-0.2, 0) is 30.0 Å². The van der Waals surface area contributed by atoms with Crippen molar-refractivity contribution < 1.29 is 19.2 Å². The minimum Gasteiger partial charge on any atom is -0.269 e. The Labute approximate surface area is 221 Å².